The van der Waals surface area contributed by atoms with Crippen LogP contribution in [0, 0.1) is 13.8 Å². The number of Topliss-reactive ketones (excluding diaryl/α,β-unsaturated/α-hetero) is 1. The molecule has 0 bridgehead atoms. The molecule has 0 aliphatic carbocycles. The number of carbonyl (C=O) groups is 1. The first-order valence-electron chi connectivity index (χ1n) is 6.99. The summed E-state index contributed by atoms with van der Waals surface area (Å²) in [5, 5.41) is 0. The minimum absolute atomic E-state index is 0.252. The monoisotopic (exact) mass is 279 g/mol. The fourth-order valence-corrected chi connectivity index (χ4v) is 2.98. The predicted octanol–water partition coefficient (Wildman–Crippen LogP) is 3.56. The van der Waals surface area contributed by atoms with E-state index in [-0.39, 0.29) is 5.78 Å². The summed E-state index contributed by atoms with van der Waals surface area (Å²) in [7, 11) is 0. The molecule has 0 radical (unpaired) electrons. The van der Waals surface area contributed by atoms with Gasteiger partial charge in [0.05, 0.1) is 5.75 Å². The lowest BCUT2D eigenvalue weighted by atomic mass is 10.0. The van der Waals surface area contributed by atoms with Crippen molar-refractivity contribution in [3.8, 4) is 0 Å². The molecule has 106 valence electrons. The smallest absolute Gasteiger partial charge is 0.172 e. The molecule has 0 heterocycles. The number of carbonyl (C=O) groups excluding carboxylic acids is 1. The van der Waals surface area contributed by atoms with Crippen LogP contribution in [0.25, 0.3) is 0 Å². The normalized spacial score (nSPS) is 11.0. The Kier molecular flexibility index (Phi) is 7.17. The summed E-state index contributed by atoms with van der Waals surface area (Å²) >= 11 is 1.74. The third-order valence-electron chi connectivity index (χ3n) is 3.36. The van der Waals surface area contributed by atoms with Gasteiger partial charge >= 0.3 is 0 Å². The minimum atomic E-state index is 0.252. The first-order chi connectivity index (χ1) is 9.08. The molecule has 0 aromatic heterocycles. The molecule has 0 saturated carbocycles. The first-order valence-corrected chi connectivity index (χ1v) is 8.14. The van der Waals surface area contributed by atoms with Gasteiger partial charge in [-0.05, 0) is 32.5 Å². The van der Waals surface area contributed by atoms with Gasteiger partial charge in [-0.25, -0.2) is 0 Å². The minimum Gasteiger partial charge on any atom is -0.303 e. The van der Waals surface area contributed by atoms with E-state index in [1.54, 1.807) is 11.8 Å². The highest BCUT2D eigenvalue weighted by Crippen LogP contribution is 2.14. The summed E-state index contributed by atoms with van der Waals surface area (Å²) < 4.78 is 0. The summed E-state index contributed by atoms with van der Waals surface area (Å²) in [6.45, 7) is 11.7. The summed E-state index contributed by atoms with van der Waals surface area (Å²) in [5.41, 5.74) is 3.18. The molecule has 1 aromatic carbocycles. The lowest BCUT2D eigenvalue weighted by Crippen LogP contribution is -2.25. The molecule has 19 heavy (non-hydrogen) atoms. The van der Waals surface area contributed by atoms with E-state index < -0.39 is 0 Å². The lowest BCUT2D eigenvalue weighted by Gasteiger charge is -2.17. The molecule has 1 rings (SSSR count). The van der Waals surface area contributed by atoms with Crippen molar-refractivity contribution < 1.29 is 4.79 Å². The standard InChI is InChI=1S/C16H25NOS/c1-5-17(6-2)9-10-19-12-16(18)15-8-7-13(3)11-14(15)4/h7-8,11H,5-6,9-10,12H2,1-4H3. The average molecular weight is 279 g/mol. The van der Waals surface area contributed by atoms with Gasteiger partial charge < -0.3 is 4.90 Å². The predicted molar refractivity (Wildman–Crippen MR) is 85.4 cm³/mol. The highest BCUT2D eigenvalue weighted by molar-refractivity contribution is 8.00. The van der Waals surface area contributed by atoms with Crippen LogP contribution < -0.4 is 0 Å². The van der Waals surface area contributed by atoms with E-state index in [4.69, 9.17) is 0 Å². The van der Waals surface area contributed by atoms with Crippen molar-refractivity contribution in [3.05, 3.63) is 34.9 Å². The van der Waals surface area contributed by atoms with Crippen molar-refractivity contribution in [2.24, 2.45) is 0 Å². The van der Waals surface area contributed by atoms with Crippen LogP contribution in [-0.4, -0.2) is 41.8 Å². The molecule has 2 nitrogen and oxygen atoms in total. The van der Waals surface area contributed by atoms with Crippen molar-refractivity contribution in [1.82, 2.24) is 4.90 Å². The van der Waals surface area contributed by atoms with Crippen LogP contribution in [0.2, 0.25) is 0 Å². The van der Waals surface area contributed by atoms with Crippen molar-refractivity contribution in [2.45, 2.75) is 27.7 Å². The largest absolute Gasteiger partial charge is 0.303 e. The number of ketones is 1. The zero-order chi connectivity index (χ0) is 14.3. The highest BCUT2D eigenvalue weighted by atomic mass is 32.2. The molecular weight excluding hydrogens is 254 g/mol. The Morgan fingerprint density at radius 3 is 2.47 bits per heavy atom. The van der Waals surface area contributed by atoms with Crippen LogP contribution >= 0.6 is 11.8 Å². The number of benzene rings is 1. The van der Waals surface area contributed by atoms with Crippen molar-refractivity contribution in [1.29, 1.82) is 0 Å². The van der Waals surface area contributed by atoms with E-state index >= 15 is 0 Å². The van der Waals surface area contributed by atoms with Crippen molar-refractivity contribution >= 4 is 17.5 Å². The Balaban J connectivity index is 2.39. The van der Waals surface area contributed by atoms with Crippen molar-refractivity contribution in [3.63, 3.8) is 0 Å². The van der Waals surface area contributed by atoms with E-state index in [0.717, 1.165) is 36.5 Å². The van der Waals surface area contributed by atoms with E-state index in [2.05, 4.69) is 31.7 Å². The summed E-state index contributed by atoms with van der Waals surface area (Å²) in [5.74, 6) is 1.87. The molecule has 3 heteroatoms. The highest BCUT2D eigenvalue weighted by Gasteiger charge is 2.09. The number of aryl methyl sites for hydroxylation is 2. The molecule has 1 aromatic rings. The number of thioether (sulfide) groups is 1. The Morgan fingerprint density at radius 2 is 1.89 bits per heavy atom. The molecule has 0 saturated heterocycles. The van der Waals surface area contributed by atoms with Crippen LogP contribution in [0.4, 0.5) is 0 Å². The van der Waals surface area contributed by atoms with Gasteiger partial charge in [-0.3, -0.25) is 4.79 Å². The molecule has 0 fully saturated rings. The second-order valence-electron chi connectivity index (χ2n) is 4.82. The Bertz CT molecular complexity index is 413. The topological polar surface area (TPSA) is 20.3 Å². The molecule has 0 aliphatic rings. The fraction of sp³-hybridized carbons (Fsp3) is 0.562. The lowest BCUT2D eigenvalue weighted by molar-refractivity contribution is 0.102. The second-order valence-corrected chi connectivity index (χ2v) is 5.93. The number of hydrogen-bond acceptors (Lipinski definition) is 3. The van der Waals surface area contributed by atoms with Crippen LogP contribution in [-0.2, 0) is 0 Å². The zero-order valence-corrected chi connectivity index (χ0v) is 13.3. The molecule has 0 spiro atoms. The fourth-order valence-electron chi connectivity index (χ4n) is 2.10. The van der Waals surface area contributed by atoms with Gasteiger partial charge in [0.2, 0.25) is 0 Å². The summed E-state index contributed by atoms with van der Waals surface area (Å²) in [6, 6.07) is 6.05. The SMILES string of the molecule is CCN(CC)CCSCC(=O)c1ccc(C)cc1C. The van der Waals surface area contributed by atoms with Crippen LogP contribution in [0.1, 0.15) is 35.3 Å². The maximum absolute atomic E-state index is 12.1. The van der Waals surface area contributed by atoms with Gasteiger partial charge in [0.1, 0.15) is 0 Å². The van der Waals surface area contributed by atoms with Gasteiger partial charge in [-0.1, -0.05) is 37.6 Å². The van der Waals surface area contributed by atoms with E-state index in [1.165, 1.54) is 5.56 Å². The first kappa shape index (κ1) is 16.3. The van der Waals surface area contributed by atoms with Crippen LogP contribution in [0.3, 0.4) is 0 Å². The molecule has 0 N–H and O–H groups in total. The molecule has 0 unspecified atom stereocenters. The van der Waals surface area contributed by atoms with Crippen LogP contribution in [0.5, 0.6) is 0 Å². The van der Waals surface area contributed by atoms with Crippen LogP contribution in [0.15, 0.2) is 18.2 Å². The van der Waals surface area contributed by atoms with Gasteiger partial charge in [0, 0.05) is 17.9 Å². The van der Waals surface area contributed by atoms with E-state index in [1.807, 2.05) is 19.1 Å². The van der Waals surface area contributed by atoms with Gasteiger partial charge in [0.15, 0.2) is 5.78 Å². The van der Waals surface area contributed by atoms with Gasteiger partial charge in [0.25, 0.3) is 0 Å². The zero-order valence-electron chi connectivity index (χ0n) is 12.5. The van der Waals surface area contributed by atoms with E-state index in [0.29, 0.717) is 5.75 Å². The molecule has 0 atom stereocenters. The second kappa shape index (κ2) is 8.39. The van der Waals surface area contributed by atoms with Crippen molar-refractivity contribution in [2.75, 3.05) is 31.1 Å². The molecule has 0 amide bonds. The number of hydrogen-bond donors (Lipinski definition) is 0. The van der Waals surface area contributed by atoms with Gasteiger partial charge in [-0.2, -0.15) is 11.8 Å². The summed E-state index contributed by atoms with van der Waals surface area (Å²) in [6.07, 6.45) is 0. The average Bonchev–Trinajstić information content (AvgIpc) is 2.38. The van der Waals surface area contributed by atoms with E-state index in [9.17, 15) is 4.79 Å². The third-order valence-corrected chi connectivity index (χ3v) is 4.30. The molecule has 0 aliphatic heterocycles. The maximum atomic E-state index is 12.1. The van der Waals surface area contributed by atoms with Gasteiger partial charge in [-0.15, -0.1) is 0 Å². The summed E-state index contributed by atoms with van der Waals surface area (Å²) in [4.78, 5) is 14.5. The molecular formula is C16H25NOS. The Morgan fingerprint density at radius 1 is 1.21 bits per heavy atom. The quantitative estimate of drug-likeness (QED) is 0.536. The maximum Gasteiger partial charge on any atom is 0.172 e. The third kappa shape index (κ3) is 5.37. The number of nitrogens with zero attached hydrogens (tertiary/aromatic N) is 1. The number of rotatable bonds is 8. The Hall–Kier alpha value is -0.800. The Labute approximate surface area is 121 Å².